The second-order valence-corrected chi connectivity index (χ2v) is 9.47. The number of aliphatic hydroxyl groups excluding tert-OH is 1. The van der Waals surface area contributed by atoms with Gasteiger partial charge in [-0.2, -0.15) is 13.2 Å². The van der Waals surface area contributed by atoms with Gasteiger partial charge in [0.15, 0.2) is 5.82 Å². The number of nitrogens with one attached hydrogen (secondary N) is 1. The van der Waals surface area contributed by atoms with Gasteiger partial charge in [0.2, 0.25) is 0 Å². The third-order valence-corrected chi connectivity index (χ3v) is 7.27. The number of rotatable bonds is 4. The molecular formula is C27H27F3N6O. The first kappa shape index (κ1) is 25.0. The summed E-state index contributed by atoms with van der Waals surface area (Å²) in [7, 11) is 0. The molecule has 1 fully saturated rings. The van der Waals surface area contributed by atoms with Crippen LogP contribution in [0.3, 0.4) is 0 Å². The lowest BCUT2D eigenvalue weighted by Crippen LogP contribution is -2.45. The lowest BCUT2D eigenvalue weighted by Gasteiger charge is -2.42. The van der Waals surface area contributed by atoms with Gasteiger partial charge in [0.25, 0.3) is 0 Å². The minimum absolute atomic E-state index is 0.0267. The van der Waals surface area contributed by atoms with Crippen molar-refractivity contribution in [1.82, 2.24) is 15.0 Å². The van der Waals surface area contributed by atoms with Crippen molar-refractivity contribution in [3.05, 3.63) is 77.0 Å². The topological polar surface area (TPSA) is 100 Å². The van der Waals surface area contributed by atoms with E-state index in [9.17, 15) is 18.3 Å². The third kappa shape index (κ3) is 5.10. The first-order chi connectivity index (χ1) is 17.8. The van der Waals surface area contributed by atoms with Crippen molar-refractivity contribution in [3.8, 4) is 11.8 Å². The second kappa shape index (κ2) is 10.00. The van der Waals surface area contributed by atoms with Crippen molar-refractivity contribution in [2.24, 2.45) is 11.1 Å². The molecule has 0 radical (unpaired) electrons. The Balaban J connectivity index is 1.20. The molecule has 37 heavy (non-hydrogen) atoms. The lowest BCUT2D eigenvalue weighted by molar-refractivity contribution is -0.141. The smallest absolute Gasteiger partial charge is 0.390 e. The zero-order chi connectivity index (χ0) is 26.0. The van der Waals surface area contributed by atoms with E-state index in [1.807, 2.05) is 6.07 Å². The summed E-state index contributed by atoms with van der Waals surface area (Å²) < 4.78 is 37.8. The molecule has 1 spiro atoms. The van der Waals surface area contributed by atoms with Gasteiger partial charge in [-0.05, 0) is 53.9 Å². The van der Waals surface area contributed by atoms with E-state index < -0.39 is 11.9 Å². The molecule has 1 aliphatic heterocycles. The number of aromatic nitrogens is 3. The Hall–Kier alpha value is -3.68. The molecule has 3 heterocycles. The summed E-state index contributed by atoms with van der Waals surface area (Å²) in [6.07, 6.45) is 1.06. The van der Waals surface area contributed by atoms with E-state index in [0.29, 0.717) is 22.9 Å². The summed E-state index contributed by atoms with van der Waals surface area (Å²) >= 11 is 0. The van der Waals surface area contributed by atoms with Crippen LogP contribution in [0.4, 0.5) is 24.7 Å². The van der Waals surface area contributed by atoms with Gasteiger partial charge >= 0.3 is 6.18 Å². The van der Waals surface area contributed by atoms with Crippen LogP contribution in [0.2, 0.25) is 0 Å². The van der Waals surface area contributed by atoms with E-state index in [1.165, 1.54) is 17.2 Å². The fourth-order valence-corrected chi connectivity index (χ4v) is 5.27. The number of benzene rings is 1. The molecule has 10 heteroatoms. The average molecular weight is 509 g/mol. The van der Waals surface area contributed by atoms with Gasteiger partial charge in [0.1, 0.15) is 17.1 Å². The first-order valence-corrected chi connectivity index (χ1v) is 12.1. The monoisotopic (exact) mass is 508 g/mol. The van der Waals surface area contributed by atoms with Crippen molar-refractivity contribution in [3.63, 3.8) is 0 Å². The largest absolute Gasteiger partial charge is 0.433 e. The fraction of sp³-hybridized carbons (Fsp3) is 0.370. The molecule has 0 bridgehead atoms. The molecule has 2 aliphatic rings. The van der Waals surface area contributed by atoms with E-state index in [1.54, 1.807) is 6.20 Å². The Labute approximate surface area is 213 Å². The molecule has 2 aromatic heterocycles. The van der Waals surface area contributed by atoms with Crippen LogP contribution in [0.5, 0.6) is 0 Å². The average Bonchev–Trinajstić information content (AvgIpc) is 3.17. The van der Waals surface area contributed by atoms with Crippen LogP contribution in [0, 0.1) is 17.3 Å². The summed E-state index contributed by atoms with van der Waals surface area (Å²) in [6, 6.07) is 10.6. The predicted octanol–water partition coefficient (Wildman–Crippen LogP) is 3.69. The maximum absolute atomic E-state index is 12.6. The van der Waals surface area contributed by atoms with E-state index in [2.05, 4.69) is 55.2 Å². The molecule has 1 aliphatic carbocycles. The minimum Gasteiger partial charge on any atom is -0.390 e. The van der Waals surface area contributed by atoms with Gasteiger partial charge in [0.05, 0.1) is 31.2 Å². The van der Waals surface area contributed by atoms with Crippen LogP contribution >= 0.6 is 0 Å². The maximum atomic E-state index is 12.6. The van der Waals surface area contributed by atoms with Crippen LogP contribution in [-0.2, 0) is 19.2 Å². The van der Waals surface area contributed by atoms with Crippen molar-refractivity contribution in [2.45, 2.75) is 38.1 Å². The molecule has 0 unspecified atom stereocenters. The number of aliphatic hydroxyl groups is 1. The molecule has 0 amide bonds. The summed E-state index contributed by atoms with van der Waals surface area (Å²) in [5.74, 6) is 6.40. The highest BCUT2D eigenvalue weighted by Crippen LogP contribution is 2.51. The number of alkyl halides is 3. The standard InChI is InChI=1S/C27H27F3N6O/c28-27(29,30)23-8-7-19(15-33-23)32-11-3-5-20-16-34-25(22(17-37)35-20)36-12-9-26(10-13-36)14-18-4-1-2-6-21(18)24(26)31/h1-2,4,6-8,15-16,24,32,37H,9-14,17,31H2/t24-/m1/s1. The molecule has 0 saturated carbocycles. The molecule has 1 aromatic carbocycles. The van der Waals surface area contributed by atoms with Gasteiger partial charge in [-0.25, -0.2) is 15.0 Å². The Kier molecular flexibility index (Phi) is 6.75. The Bertz CT molecular complexity index is 1320. The quantitative estimate of drug-likeness (QED) is 0.462. The number of fused-ring (bicyclic) bond motifs is 1. The van der Waals surface area contributed by atoms with Crippen LogP contribution < -0.4 is 16.0 Å². The Morgan fingerprint density at radius 2 is 1.89 bits per heavy atom. The van der Waals surface area contributed by atoms with Gasteiger partial charge in [-0.1, -0.05) is 30.2 Å². The summed E-state index contributed by atoms with van der Waals surface area (Å²) in [6.45, 7) is 1.47. The highest BCUT2D eigenvalue weighted by molar-refractivity contribution is 5.48. The number of piperidine rings is 1. The normalized spacial score (nSPS) is 18.3. The number of pyridine rings is 1. The zero-order valence-electron chi connectivity index (χ0n) is 20.1. The molecule has 3 aromatic rings. The molecule has 192 valence electrons. The third-order valence-electron chi connectivity index (χ3n) is 7.27. The van der Waals surface area contributed by atoms with Crippen LogP contribution in [0.1, 0.15) is 47.1 Å². The Morgan fingerprint density at radius 1 is 1.11 bits per heavy atom. The van der Waals surface area contributed by atoms with Crippen LogP contribution in [0.15, 0.2) is 48.8 Å². The van der Waals surface area contributed by atoms with Crippen molar-refractivity contribution in [2.75, 3.05) is 29.9 Å². The maximum Gasteiger partial charge on any atom is 0.433 e. The number of hydrogen-bond acceptors (Lipinski definition) is 7. The highest BCUT2D eigenvalue weighted by Gasteiger charge is 2.46. The Morgan fingerprint density at radius 3 is 2.57 bits per heavy atom. The van der Waals surface area contributed by atoms with Gasteiger partial charge in [0, 0.05) is 19.1 Å². The summed E-state index contributed by atoms with van der Waals surface area (Å²) in [5, 5.41) is 12.8. The molecule has 5 rings (SSSR count). The molecule has 1 atom stereocenters. The molecular weight excluding hydrogens is 481 g/mol. The van der Waals surface area contributed by atoms with E-state index >= 15 is 0 Å². The van der Waals surface area contributed by atoms with Gasteiger partial charge in [-0.3, -0.25) is 0 Å². The number of nitrogens with two attached hydrogens (primary N) is 1. The number of anilines is 2. The van der Waals surface area contributed by atoms with E-state index in [4.69, 9.17) is 5.73 Å². The SMILES string of the molecule is N[C@@H]1c2ccccc2CC12CCN(c1ncc(C#CCNc3ccc(C(F)(F)F)nc3)nc1CO)CC2. The summed E-state index contributed by atoms with van der Waals surface area (Å²) in [5.41, 5.74) is 9.66. The molecule has 4 N–H and O–H groups in total. The molecule has 7 nitrogen and oxygen atoms in total. The van der Waals surface area contributed by atoms with Crippen LogP contribution in [0.25, 0.3) is 0 Å². The molecule has 1 saturated heterocycles. The van der Waals surface area contributed by atoms with Crippen molar-refractivity contribution >= 4 is 11.5 Å². The number of hydrogen-bond donors (Lipinski definition) is 3. The van der Waals surface area contributed by atoms with Crippen molar-refractivity contribution in [1.29, 1.82) is 0 Å². The van der Waals surface area contributed by atoms with E-state index in [0.717, 1.165) is 44.6 Å². The summed E-state index contributed by atoms with van der Waals surface area (Å²) in [4.78, 5) is 14.6. The second-order valence-electron chi connectivity index (χ2n) is 9.47. The number of halogens is 3. The lowest BCUT2D eigenvalue weighted by atomic mass is 9.73. The number of nitrogens with zero attached hydrogens (tertiary/aromatic N) is 4. The van der Waals surface area contributed by atoms with E-state index in [-0.39, 0.29) is 24.6 Å². The minimum atomic E-state index is -4.47. The first-order valence-electron chi connectivity index (χ1n) is 12.1. The zero-order valence-corrected chi connectivity index (χ0v) is 20.1. The predicted molar refractivity (Wildman–Crippen MR) is 134 cm³/mol. The van der Waals surface area contributed by atoms with Gasteiger partial charge < -0.3 is 21.1 Å². The highest BCUT2D eigenvalue weighted by atomic mass is 19.4. The fourth-order valence-electron chi connectivity index (χ4n) is 5.27. The van der Waals surface area contributed by atoms with Crippen molar-refractivity contribution < 1.29 is 18.3 Å². The van der Waals surface area contributed by atoms with Gasteiger partial charge in [-0.15, -0.1) is 0 Å². The van der Waals surface area contributed by atoms with Crippen LogP contribution in [-0.4, -0.2) is 39.7 Å².